The molecule has 0 radical (unpaired) electrons. The first-order chi connectivity index (χ1) is 16.0. The third-order valence-electron chi connectivity index (χ3n) is 6.09. The average molecular weight is 461 g/mol. The van der Waals surface area contributed by atoms with Crippen LogP contribution in [0.4, 0.5) is 5.69 Å². The molecule has 5 rings (SSSR count). The Hall–Kier alpha value is -3.65. The number of carbonyl (C=O) groups excluding carboxylic acids is 2. The third-order valence-corrected chi connectivity index (χ3v) is 7.82. The molecule has 0 aromatic heterocycles. The fourth-order valence-electron chi connectivity index (χ4n) is 4.50. The van der Waals surface area contributed by atoms with Gasteiger partial charge in [0.25, 0.3) is 5.69 Å². The zero-order chi connectivity index (χ0) is 23.0. The number of benzene rings is 3. The second-order valence-electron chi connectivity index (χ2n) is 7.98. The summed E-state index contributed by atoms with van der Waals surface area (Å²) in [7, 11) is 0. The molecule has 8 heteroatoms. The molecule has 166 valence electrons. The maximum Gasteiger partial charge on any atom is 0.331 e. The van der Waals surface area contributed by atoms with Gasteiger partial charge in [-0.3, -0.25) is 14.9 Å². The zero-order valence-electron chi connectivity index (χ0n) is 17.5. The second-order valence-corrected chi connectivity index (χ2v) is 9.40. The van der Waals surface area contributed by atoms with Gasteiger partial charge in [-0.1, -0.05) is 60.7 Å². The standard InChI is InChI=1S/C25H20N2O5S/c28-21-15-22-26(21)23(24(29)32-16-17-11-13-20(14-12-17)27(30)31)25(33-22,18-7-3-1-4-8-18)19-9-5-2-6-10-19/h1-14,22-23H,15-16H2/t22-,23+/m1/s1. The molecule has 3 aromatic carbocycles. The Morgan fingerprint density at radius 1 is 1.00 bits per heavy atom. The third kappa shape index (κ3) is 3.56. The number of hydrogen-bond acceptors (Lipinski definition) is 6. The molecule has 0 aliphatic carbocycles. The predicted molar refractivity (Wildman–Crippen MR) is 123 cm³/mol. The minimum Gasteiger partial charge on any atom is -0.459 e. The lowest BCUT2D eigenvalue weighted by Crippen LogP contribution is -2.57. The summed E-state index contributed by atoms with van der Waals surface area (Å²) in [5, 5.41) is 10.8. The van der Waals surface area contributed by atoms with E-state index in [1.807, 2.05) is 60.7 Å². The molecule has 3 aromatic rings. The van der Waals surface area contributed by atoms with Gasteiger partial charge in [-0.2, -0.15) is 0 Å². The van der Waals surface area contributed by atoms with Crippen LogP contribution in [0.1, 0.15) is 23.1 Å². The van der Waals surface area contributed by atoms with Crippen LogP contribution in [-0.4, -0.2) is 33.1 Å². The van der Waals surface area contributed by atoms with Crippen molar-refractivity contribution in [2.24, 2.45) is 0 Å². The molecular weight excluding hydrogens is 440 g/mol. The summed E-state index contributed by atoms with van der Waals surface area (Å²) in [6.07, 6.45) is 0.387. The van der Waals surface area contributed by atoms with Crippen LogP contribution in [0.25, 0.3) is 0 Å². The summed E-state index contributed by atoms with van der Waals surface area (Å²) in [6, 6.07) is 24.5. The quantitative estimate of drug-likeness (QED) is 0.236. The van der Waals surface area contributed by atoms with Crippen molar-refractivity contribution in [2.45, 2.75) is 29.2 Å². The first-order valence-corrected chi connectivity index (χ1v) is 11.4. The number of fused-ring (bicyclic) bond motifs is 1. The van der Waals surface area contributed by atoms with Crippen molar-refractivity contribution in [3.63, 3.8) is 0 Å². The molecular formula is C25H20N2O5S. The van der Waals surface area contributed by atoms with Gasteiger partial charge in [-0.25, -0.2) is 4.79 Å². The number of thioether (sulfide) groups is 1. The molecule has 2 heterocycles. The Labute approximate surface area is 194 Å². The number of amides is 1. The zero-order valence-corrected chi connectivity index (χ0v) is 18.3. The average Bonchev–Trinajstić information content (AvgIpc) is 3.14. The van der Waals surface area contributed by atoms with E-state index in [1.165, 1.54) is 12.1 Å². The molecule has 7 nitrogen and oxygen atoms in total. The molecule has 2 saturated heterocycles. The molecule has 0 bridgehead atoms. The minimum atomic E-state index is -0.823. The van der Waals surface area contributed by atoms with E-state index in [9.17, 15) is 19.7 Å². The highest BCUT2D eigenvalue weighted by Crippen LogP contribution is 2.59. The van der Waals surface area contributed by atoms with E-state index in [1.54, 1.807) is 28.8 Å². The number of ether oxygens (including phenoxy) is 1. The van der Waals surface area contributed by atoms with Gasteiger partial charge in [0.2, 0.25) is 5.91 Å². The number of hydrogen-bond donors (Lipinski definition) is 0. The van der Waals surface area contributed by atoms with E-state index in [0.717, 1.165) is 11.1 Å². The largest absolute Gasteiger partial charge is 0.459 e. The van der Waals surface area contributed by atoms with Crippen LogP contribution in [0.3, 0.4) is 0 Å². The highest BCUT2D eigenvalue weighted by Gasteiger charge is 2.64. The Balaban J connectivity index is 1.50. The lowest BCUT2D eigenvalue weighted by atomic mass is 9.82. The summed E-state index contributed by atoms with van der Waals surface area (Å²) >= 11 is 1.61. The predicted octanol–water partition coefficient (Wildman–Crippen LogP) is 4.26. The monoisotopic (exact) mass is 460 g/mol. The number of nitro benzene ring substituents is 1. The van der Waals surface area contributed by atoms with E-state index < -0.39 is 21.7 Å². The molecule has 0 saturated carbocycles. The highest BCUT2D eigenvalue weighted by molar-refractivity contribution is 8.01. The molecule has 2 fully saturated rings. The second kappa shape index (κ2) is 8.37. The van der Waals surface area contributed by atoms with Crippen molar-refractivity contribution in [3.05, 3.63) is 112 Å². The maximum atomic E-state index is 13.6. The number of non-ortho nitro benzene ring substituents is 1. The number of nitro groups is 1. The lowest BCUT2D eigenvalue weighted by Gasteiger charge is -2.39. The fraction of sp³-hybridized carbons (Fsp3) is 0.200. The Bertz CT molecular complexity index is 1160. The van der Waals surface area contributed by atoms with Crippen molar-refractivity contribution in [1.82, 2.24) is 4.90 Å². The number of nitrogens with zero attached hydrogens (tertiary/aromatic N) is 2. The smallest absolute Gasteiger partial charge is 0.331 e. The molecule has 1 amide bonds. The van der Waals surface area contributed by atoms with Gasteiger partial charge < -0.3 is 9.64 Å². The number of esters is 1. The van der Waals surface area contributed by atoms with Crippen molar-refractivity contribution in [2.75, 3.05) is 0 Å². The molecule has 33 heavy (non-hydrogen) atoms. The van der Waals surface area contributed by atoms with E-state index in [4.69, 9.17) is 4.74 Å². The van der Waals surface area contributed by atoms with Gasteiger partial charge in [-0.15, -0.1) is 11.8 Å². The summed E-state index contributed by atoms with van der Waals surface area (Å²) in [6.45, 7) is -0.0374. The van der Waals surface area contributed by atoms with Gasteiger partial charge >= 0.3 is 5.97 Å². The SMILES string of the molecule is O=C(OCc1ccc([N+](=O)[O-])cc1)[C@@H]1N2C(=O)C[C@H]2SC1(c1ccccc1)c1ccccc1. The number of β-lactam (4-membered cyclic amide) rings is 1. The van der Waals surface area contributed by atoms with Gasteiger partial charge in [0.15, 0.2) is 6.04 Å². The van der Waals surface area contributed by atoms with Gasteiger partial charge in [0.1, 0.15) is 6.61 Å². The molecule has 0 N–H and O–H groups in total. The highest BCUT2D eigenvalue weighted by atomic mass is 32.2. The first-order valence-electron chi connectivity index (χ1n) is 10.5. The van der Waals surface area contributed by atoms with Crippen LogP contribution in [-0.2, 0) is 25.7 Å². The lowest BCUT2D eigenvalue weighted by molar-refractivity contribution is -0.384. The minimum absolute atomic E-state index is 0.0292. The normalized spacial score (nSPS) is 20.6. The van der Waals surface area contributed by atoms with Crippen molar-refractivity contribution in [3.8, 4) is 0 Å². The van der Waals surface area contributed by atoms with Crippen molar-refractivity contribution < 1.29 is 19.2 Å². The Morgan fingerprint density at radius 3 is 2.09 bits per heavy atom. The molecule has 2 atom stereocenters. The van der Waals surface area contributed by atoms with E-state index in [-0.39, 0.29) is 23.6 Å². The van der Waals surface area contributed by atoms with E-state index in [0.29, 0.717) is 12.0 Å². The van der Waals surface area contributed by atoms with Crippen LogP contribution in [0.2, 0.25) is 0 Å². The Morgan fingerprint density at radius 2 is 1.58 bits per heavy atom. The van der Waals surface area contributed by atoms with Gasteiger partial charge in [-0.05, 0) is 28.8 Å². The van der Waals surface area contributed by atoms with E-state index in [2.05, 4.69) is 0 Å². The van der Waals surface area contributed by atoms with Crippen LogP contribution < -0.4 is 0 Å². The van der Waals surface area contributed by atoms with Crippen molar-refractivity contribution >= 4 is 29.3 Å². The van der Waals surface area contributed by atoms with E-state index >= 15 is 0 Å². The van der Waals surface area contributed by atoms with Crippen LogP contribution in [0.5, 0.6) is 0 Å². The summed E-state index contributed by atoms with van der Waals surface area (Å²) in [4.78, 5) is 38.2. The summed E-state index contributed by atoms with van der Waals surface area (Å²) < 4.78 is 4.90. The first kappa shape index (κ1) is 21.2. The summed E-state index contributed by atoms with van der Waals surface area (Å²) in [5.41, 5.74) is 2.47. The van der Waals surface area contributed by atoms with Crippen LogP contribution in [0.15, 0.2) is 84.9 Å². The molecule has 0 unspecified atom stereocenters. The fourth-order valence-corrected chi connectivity index (χ4v) is 6.39. The van der Waals surface area contributed by atoms with Gasteiger partial charge in [0, 0.05) is 12.1 Å². The molecule has 2 aliphatic heterocycles. The molecule has 0 spiro atoms. The summed E-state index contributed by atoms with van der Waals surface area (Å²) in [5.74, 6) is -0.567. The van der Waals surface area contributed by atoms with Gasteiger partial charge in [0.05, 0.1) is 21.5 Å². The van der Waals surface area contributed by atoms with Crippen LogP contribution in [0, 0.1) is 10.1 Å². The number of carbonyl (C=O) groups is 2. The maximum absolute atomic E-state index is 13.6. The van der Waals surface area contributed by atoms with Crippen molar-refractivity contribution in [1.29, 1.82) is 0 Å². The van der Waals surface area contributed by atoms with Crippen LogP contribution >= 0.6 is 11.8 Å². The topological polar surface area (TPSA) is 89.8 Å². The number of rotatable bonds is 6. The molecule has 2 aliphatic rings. The Kier molecular flexibility index (Phi) is 5.38.